The number of nitrogens with zero attached hydrogens (tertiary/aromatic N) is 1. The quantitative estimate of drug-likeness (QED) is 0.743. The summed E-state index contributed by atoms with van der Waals surface area (Å²) in [5, 5.41) is 6.84. The van der Waals surface area contributed by atoms with Gasteiger partial charge in [-0.25, -0.2) is 0 Å². The lowest BCUT2D eigenvalue weighted by atomic mass is 10.1. The van der Waals surface area contributed by atoms with Crippen LogP contribution in [0.3, 0.4) is 0 Å². The summed E-state index contributed by atoms with van der Waals surface area (Å²) in [7, 11) is 0. The summed E-state index contributed by atoms with van der Waals surface area (Å²) in [6, 6.07) is 11.7. The molecular formula is C20H22N2O3. The van der Waals surface area contributed by atoms with Crippen molar-refractivity contribution in [1.82, 2.24) is 10.5 Å². The SMILES string of the molecule is Cc1ccccc1CCNC(=O)c1ccc(Cc2c(C)noc2C)o1. The maximum absolute atomic E-state index is 12.2. The van der Waals surface area contributed by atoms with E-state index in [1.54, 1.807) is 6.07 Å². The summed E-state index contributed by atoms with van der Waals surface area (Å²) in [5.41, 5.74) is 4.32. The minimum absolute atomic E-state index is 0.196. The number of carbonyl (C=O) groups excluding carboxylic acids is 1. The lowest BCUT2D eigenvalue weighted by Gasteiger charge is -2.06. The first-order valence-corrected chi connectivity index (χ1v) is 8.37. The van der Waals surface area contributed by atoms with E-state index in [2.05, 4.69) is 29.5 Å². The van der Waals surface area contributed by atoms with Gasteiger partial charge in [0.2, 0.25) is 0 Å². The molecule has 0 aliphatic carbocycles. The van der Waals surface area contributed by atoms with Crippen molar-refractivity contribution in [3.8, 4) is 0 Å². The van der Waals surface area contributed by atoms with E-state index in [1.807, 2.05) is 32.0 Å². The van der Waals surface area contributed by atoms with Gasteiger partial charge in [0.05, 0.1) is 5.69 Å². The Hall–Kier alpha value is -2.82. The minimum Gasteiger partial charge on any atom is -0.456 e. The summed E-state index contributed by atoms with van der Waals surface area (Å²) >= 11 is 0. The number of nitrogens with one attached hydrogen (secondary N) is 1. The Morgan fingerprint density at radius 1 is 1.12 bits per heavy atom. The Bertz CT molecular complexity index is 857. The van der Waals surface area contributed by atoms with E-state index in [0.717, 1.165) is 29.2 Å². The normalized spacial score (nSPS) is 10.8. The largest absolute Gasteiger partial charge is 0.456 e. The summed E-state index contributed by atoms with van der Waals surface area (Å²) in [4.78, 5) is 12.2. The van der Waals surface area contributed by atoms with Gasteiger partial charge in [0, 0.05) is 18.5 Å². The molecule has 2 aromatic heterocycles. The van der Waals surface area contributed by atoms with E-state index in [1.165, 1.54) is 11.1 Å². The number of carbonyl (C=O) groups is 1. The Morgan fingerprint density at radius 2 is 1.92 bits per heavy atom. The van der Waals surface area contributed by atoms with Crippen LogP contribution in [0.1, 0.15) is 44.5 Å². The van der Waals surface area contributed by atoms with Gasteiger partial charge in [-0.15, -0.1) is 0 Å². The second-order valence-corrected chi connectivity index (χ2v) is 6.18. The van der Waals surface area contributed by atoms with Gasteiger partial charge >= 0.3 is 0 Å². The number of furan rings is 1. The van der Waals surface area contributed by atoms with Crippen molar-refractivity contribution < 1.29 is 13.7 Å². The molecule has 3 rings (SSSR count). The molecule has 0 aliphatic heterocycles. The van der Waals surface area contributed by atoms with Crippen LogP contribution in [-0.2, 0) is 12.8 Å². The number of aromatic nitrogens is 1. The van der Waals surface area contributed by atoms with E-state index in [9.17, 15) is 4.79 Å². The molecule has 25 heavy (non-hydrogen) atoms. The third-order valence-corrected chi connectivity index (χ3v) is 4.36. The molecule has 0 bridgehead atoms. The summed E-state index contributed by atoms with van der Waals surface area (Å²) in [6.07, 6.45) is 1.36. The van der Waals surface area contributed by atoms with Crippen molar-refractivity contribution in [2.75, 3.05) is 6.54 Å². The second kappa shape index (κ2) is 7.38. The van der Waals surface area contributed by atoms with E-state index >= 15 is 0 Å². The zero-order valence-corrected chi connectivity index (χ0v) is 14.8. The fourth-order valence-corrected chi connectivity index (χ4v) is 2.81. The number of hydrogen-bond acceptors (Lipinski definition) is 4. The molecule has 0 unspecified atom stereocenters. The van der Waals surface area contributed by atoms with Crippen LogP contribution in [0.5, 0.6) is 0 Å². The first-order chi connectivity index (χ1) is 12.0. The van der Waals surface area contributed by atoms with Crippen molar-refractivity contribution in [2.24, 2.45) is 0 Å². The van der Waals surface area contributed by atoms with Gasteiger partial charge < -0.3 is 14.3 Å². The van der Waals surface area contributed by atoms with Crippen molar-refractivity contribution in [2.45, 2.75) is 33.6 Å². The van der Waals surface area contributed by atoms with E-state index < -0.39 is 0 Å². The molecular weight excluding hydrogens is 316 g/mol. The lowest BCUT2D eigenvalue weighted by Crippen LogP contribution is -2.25. The smallest absolute Gasteiger partial charge is 0.287 e. The van der Waals surface area contributed by atoms with Crippen molar-refractivity contribution >= 4 is 5.91 Å². The summed E-state index contributed by atoms with van der Waals surface area (Å²) in [5.74, 6) is 1.63. The average Bonchev–Trinajstić information content (AvgIpc) is 3.19. The van der Waals surface area contributed by atoms with Gasteiger partial charge in [-0.1, -0.05) is 29.4 Å². The Labute approximate surface area is 147 Å². The fraction of sp³-hybridized carbons (Fsp3) is 0.300. The average molecular weight is 338 g/mol. The minimum atomic E-state index is -0.196. The number of hydrogen-bond donors (Lipinski definition) is 1. The van der Waals surface area contributed by atoms with Gasteiger partial charge in [0.15, 0.2) is 5.76 Å². The van der Waals surface area contributed by atoms with Crippen molar-refractivity contribution in [3.63, 3.8) is 0 Å². The molecule has 0 spiro atoms. The van der Waals surface area contributed by atoms with Gasteiger partial charge in [0.25, 0.3) is 5.91 Å². The molecule has 0 saturated heterocycles. The van der Waals surface area contributed by atoms with E-state index in [-0.39, 0.29) is 5.91 Å². The molecule has 2 heterocycles. The van der Waals surface area contributed by atoms with Gasteiger partial charge in [-0.3, -0.25) is 4.79 Å². The standard InChI is InChI=1S/C20H22N2O3/c1-13-6-4-5-7-16(13)10-11-21-20(23)19-9-8-17(24-19)12-18-14(2)22-25-15(18)3/h4-9H,10-12H2,1-3H3,(H,21,23). The lowest BCUT2D eigenvalue weighted by molar-refractivity contribution is 0.0925. The molecule has 1 amide bonds. The van der Waals surface area contributed by atoms with Crippen LogP contribution in [0.25, 0.3) is 0 Å². The van der Waals surface area contributed by atoms with Gasteiger partial charge in [-0.2, -0.15) is 0 Å². The third-order valence-electron chi connectivity index (χ3n) is 4.36. The predicted octanol–water partition coefficient (Wildman–Crippen LogP) is 3.76. The zero-order chi connectivity index (χ0) is 17.8. The van der Waals surface area contributed by atoms with Crippen LogP contribution < -0.4 is 5.32 Å². The number of benzene rings is 1. The summed E-state index contributed by atoms with van der Waals surface area (Å²) < 4.78 is 10.8. The molecule has 5 heteroatoms. The molecule has 0 atom stereocenters. The molecule has 1 aromatic carbocycles. The highest BCUT2D eigenvalue weighted by Gasteiger charge is 2.15. The molecule has 0 radical (unpaired) electrons. The molecule has 130 valence electrons. The highest BCUT2D eigenvalue weighted by atomic mass is 16.5. The molecule has 0 aliphatic rings. The summed E-state index contributed by atoms with van der Waals surface area (Å²) in [6.45, 7) is 6.42. The van der Waals surface area contributed by atoms with Crippen LogP contribution in [-0.4, -0.2) is 17.6 Å². The van der Waals surface area contributed by atoms with Crippen molar-refractivity contribution in [3.05, 3.63) is 76.1 Å². The van der Waals surface area contributed by atoms with Gasteiger partial charge in [0.1, 0.15) is 11.5 Å². The van der Waals surface area contributed by atoms with E-state index in [0.29, 0.717) is 18.7 Å². The highest BCUT2D eigenvalue weighted by molar-refractivity contribution is 5.91. The molecule has 3 aromatic rings. The molecule has 1 N–H and O–H groups in total. The first-order valence-electron chi connectivity index (χ1n) is 8.37. The third kappa shape index (κ3) is 3.99. The van der Waals surface area contributed by atoms with Crippen LogP contribution in [0.15, 0.2) is 45.3 Å². The number of rotatable bonds is 6. The second-order valence-electron chi connectivity index (χ2n) is 6.18. The highest BCUT2D eigenvalue weighted by Crippen LogP contribution is 2.19. The Balaban J connectivity index is 1.57. The fourth-order valence-electron chi connectivity index (χ4n) is 2.81. The Morgan fingerprint density at radius 3 is 2.64 bits per heavy atom. The van der Waals surface area contributed by atoms with Crippen LogP contribution >= 0.6 is 0 Å². The maximum atomic E-state index is 12.2. The van der Waals surface area contributed by atoms with Crippen molar-refractivity contribution in [1.29, 1.82) is 0 Å². The molecule has 0 saturated carbocycles. The van der Waals surface area contributed by atoms with E-state index in [4.69, 9.17) is 8.94 Å². The molecule has 5 nitrogen and oxygen atoms in total. The topological polar surface area (TPSA) is 68.3 Å². The Kier molecular flexibility index (Phi) is 5.03. The first kappa shape index (κ1) is 17.0. The van der Waals surface area contributed by atoms with Crippen LogP contribution in [0.2, 0.25) is 0 Å². The number of aryl methyl sites for hydroxylation is 3. The maximum Gasteiger partial charge on any atom is 0.287 e. The predicted molar refractivity (Wildman–Crippen MR) is 94.7 cm³/mol. The monoisotopic (exact) mass is 338 g/mol. The van der Waals surface area contributed by atoms with Crippen LogP contribution in [0.4, 0.5) is 0 Å². The molecule has 0 fully saturated rings. The zero-order valence-electron chi connectivity index (χ0n) is 14.8. The van der Waals surface area contributed by atoms with Crippen LogP contribution in [0, 0.1) is 20.8 Å². The van der Waals surface area contributed by atoms with Gasteiger partial charge in [-0.05, 0) is 50.5 Å². The number of amides is 1.